The van der Waals surface area contributed by atoms with Crippen LogP contribution in [0.1, 0.15) is 11.1 Å². The van der Waals surface area contributed by atoms with Crippen LogP contribution < -0.4 is 0 Å². The molecule has 0 saturated carbocycles. The summed E-state index contributed by atoms with van der Waals surface area (Å²) in [6.07, 6.45) is -9.61. The summed E-state index contributed by atoms with van der Waals surface area (Å²) in [6, 6.07) is 46.2. The van der Waals surface area contributed by atoms with Crippen molar-refractivity contribution in [3.05, 3.63) is 169 Å². The third kappa shape index (κ3) is 5.01. The Balaban J connectivity index is 1.32. The number of halogens is 6. The minimum absolute atomic E-state index is 0.140. The predicted molar refractivity (Wildman–Crippen MR) is 236 cm³/mol. The van der Waals surface area contributed by atoms with Gasteiger partial charge in [0, 0.05) is 52.5 Å². The van der Waals surface area contributed by atoms with E-state index >= 15 is 13.2 Å². The fourth-order valence-electron chi connectivity index (χ4n) is 9.26. The normalized spacial score (nSPS) is 12.8. The highest BCUT2D eigenvalue weighted by atomic mass is 32.1. The zero-order valence-corrected chi connectivity index (χ0v) is 32.6. The molecule has 4 aromatic heterocycles. The number of rotatable bonds is 3. The van der Waals surface area contributed by atoms with Crippen molar-refractivity contribution < 1.29 is 26.3 Å². The Morgan fingerprint density at radius 2 is 0.817 bits per heavy atom. The van der Waals surface area contributed by atoms with Gasteiger partial charge in [0.15, 0.2) is 0 Å². The molecule has 10 heteroatoms. The number of hydrogen-bond acceptors (Lipinski definition) is 2. The standard InChI is InChI=1S/C50H26F6N2S2/c51-49(52,53)29-11-9-10-27(24-29)28-25-40(57-38-16-5-1-12-30(38)34-20-22-36-32-14-3-7-18-42(32)59-47(36)45(34)57)44(50(54,55)56)41(26-28)58-39-17-6-2-13-31(39)35-21-23-37-33-15-4-8-19-43(33)60-48(37)46(35)58/h1-26H. The van der Waals surface area contributed by atoms with Crippen LogP contribution in [-0.2, 0) is 12.4 Å². The van der Waals surface area contributed by atoms with E-state index in [9.17, 15) is 13.2 Å². The molecule has 0 radical (unpaired) electrons. The maximum absolute atomic E-state index is 16.6. The first-order chi connectivity index (χ1) is 29.0. The second kappa shape index (κ2) is 12.5. The molecule has 8 aromatic carbocycles. The van der Waals surface area contributed by atoms with E-state index < -0.39 is 23.5 Å². The van der Waals surface area contributed by atoms with Gasteiger partial charge in [0.05, 0.1) is 48.4 Å². The lowest BCUT2D eigenvalue weighted by molar-refractivity contribution is -0.138. The fourth-order valence-corrected chi connectivity index (χ4v) is 11.7. The van der Waals surface area contributed by atoms with Crippen LogP contribution in [0.4, 0.5) is 26.3 Å². The summed E-state index contributed by atoms with van der Waals surface area (Å²) in [4.78, 5) is 0. The maximum atomic E-state index is 16.6. The zero-order chi connectivity index (χ0) is 40.7. The number of nitrogens with zero attached hydrogens (tertiary/aromatic N) is 2. The van der Waals surface area contributed by atoms with Gasteiger partial charge in [-0.25, -0.2) is 0 Å². The topological polar surface area (TPSA) is 9.86 Å². The van der Waals surface area contributed by atoms with Gasteiger partial charge in [-0.3, -0.25) is 0 Å². The van der Waals surface area contributed by atoms with Gasteiger partial charge < -0.3 is 9.13 Å². The zero-order valence-electron chi connectivity index (χ0n) is 31.0. The molecule has 0 amide bonds. The molecule has 0 N–H and O–H groups in total. The van der Waals surface area contributed by atoms with E-state index in [0.717, 1.165) is 74.0 Å². The quantitative estimate of drug-likeness (QED) is 0.157. The molecule has 0 aliphatic heterocycles. The van der Waals surface area contributed by atoms with Crippen LogP contribution in [0.2, 0.25) is 0 Å². The van der Waals surface area contributed by atoms with Crippen LogP contribution in [0.3, 0.4) is 0 Å². The largest absolute Gasteiger partial charge is 0.420 e. The Morgan fingerprint density at radius 1 is 0.367 bits per heavy atom. The van der Waals surface area contributed by atoms with Crippen molar-refractivity contribution >= 4 is 107 Å². The van der Waals surface area contributed by atoms with Gasteiger partial charge in [-0.05, 0) is 59.7 Å². The van der Waals surface area contributed by atoms with Crippen LogP contribution in [0.15, 0.2) is 158 Å². The molecule has 4 heterocycles. The lowest BCUT2D eigenvalue weighted by atomic mass is 9.97. The number of fused-ring (bicyclic) bond motifs is 14. The van der Waals surface area contributed by atoms with Gasteiger partial charge in [0.1, 0.15) is 5.56 Å². The Bertz CT molecular complexity index is 3560. The third-order valence-corrected chi connectivity index (χ3v) is 14.1. The van der Waals surface area contributed by atoms with E-state index in [1.54, 1.807) is 21.3 Å². The summed E-state index contributed by atoms with van der Waals surface area (Å²) in [5.41, 5.74) is 0.479. The molecule has 60 heavy (non-hydrogen) atoms. The number of thiophene rings is 2. The summed E-state index contributed by atoms with van der Waals surface area (Å²) in [5.74, 6) is 0. The number of aromatic nitrogens is 2. The molecule has 12 rings (SSSR count). The summed E-state index contributed by atoms with van der Waals surface area (Å²) >= 11 is 3.02. The molecule has 0 aliphatic carbocycles. The van der Waals surface area contributed by atoms with Crippen molar-refractivity contribution in [2.75, 3.05) is 0 Å². The van der Waals surface area contributed by atoms with Gasteiger partial charge >= 0.3 is 12.4 Å². The minimum Gasteiger partial charge on any atom is -0.307 e. The minimum atomic E-state index is -4.94. The molecule has 0 unspecified atom stereocenters. The lowest BCUT2D eigenvalue weighted by Gasteiger charge is -2.23. The van der Waals surface area contributed by atoms with E-state index in [-0.39, 0.29) is 22.5 Å². The van der Waals surface area contributed by atoms with Gasteiger partial charge in [0.25, 0.3) is 0 Å². The second-order valence-corrected chi connectivity index (χ2v) is 17.1. The number of para-hydroxylation sites is 2. The van der Waals surface area contributed by atoms with Crippen LogP contribution in [0.5, 0.6) is 0 Å². The maximum Gasteiger partial charge on any atom is 0.420 e. The molecule has 0 bridgehead atoms. The SMILES string of the molecule is FC(F)(F)c1cccc(-c2cc(-n3c4ccccc4c4ccc5c6ccccc6sc5c43)c(C(F)(F)F)c(-n3c4ccccc4c4ccc5c6ccccc6sc5c43)c2)c1. The molecular weight excluding hydrogens is 807 g/mol. The van der Waals surface area contributed by atoms with Crippen molar-refractivity contribution in [2.45, 2.75) is 12.4 Å². The van der Waals surface area contributed by atoms with Gasteiger partial charge in [0.2, 0.25) is 0 Å². The monoisotopic (exact) mass is 832 g/mol. The van der Waals surface area contributed by atoms with Crippen LogP contribution in [-0.4, -0.2) is 9.13 Å². The molecule has 0 saturated heterocycles. The van der Waals surface area contributed by atoms with Crippen molar-refractivity contribution in [1.82, 2.24) is 9.13 Å². The average molecular weight is 833 g/mol. The third-order valence-electron chi connectivity index (χ3n) is 11.7. The molecule has 0 fully saturated rings. The second-order valence-electron chi connectivity index (χ2n) is 15.0. The molecular formula is C50H26F6N2S2. The highest BCUT2D eigenvalue weighted by Gasteiger charge is 2.40. The summed E-state index contributed by atoms with van der Waals surface area (Å²) < 4.78 is 99.9. The van der Waals surface area contributed by atoms with Crippen LogP contribution in [0, 0.1) is 0 Å². The first kappa shape index (κ1) is 35.3. The highest BCUT2D eigenvalue weighted by Crippen LogP contribution is 2.50. The highest BCUT2D eigenvalue weighted by molar-refractivity contribution is 7.27. The Labute approximate surface area is 344 Å². The van der Waals surface area contributed by atoms with E-state index in [1.807, 2.05) is 109 Å². The van der Waals surface area contributed by atoms with Gasteiger partial charge in [-0.1, -0.05) is 109 Å². The predicted octanol–water partition coefficient (Wildman–Crippen LogP) is 16.3. The molecule has 290 valence electrons. The summed E-state index contributed by atoms with van der Waals surface area (Å²) in [7, 11) is 0. The van der Waals surface area contributed by atoms with E-state index in [0.29, 0.717) is 22.1 Å². The van der Waals surface area contributed by atoms with Crippen molar-refractivity contribution in [3.8, 4) is 22.5 Å². The van der Waals surface area contributed by atoms with Crippen molar-refractivity contribution in [3.63, 3.8) is 0 Å². The molecule has 2 nitrogen and oxygen atoms in total. The number of benzene rings is 8. The fraction of sp³-hybridized carbons (Fsp3) is 0.0400. The van der Waals surface area contributed by atoms with Crippen molar-refractivity contribution in [1.29, 1.82) is 0 Å². The van der Waals surface area contributed by atoms with E-state index in [4.69, 9.17) is 0 Å². The van der Waals surface area contributed by atoms with Gasteiger partial charge in [-0.15, -0.1) is 22.7 Å². The molecule has 12 aromatic rings. The first-order valence-electron chi connectivity index (χ1n) is 19.1. The average Bonchev–Trinajstić information content (AvgIpc) is 4.00. The Hall–Kier alpha value is -6.62. The van der Waals surface area contributed by atoms with E-state index in [1.165, 1.54) is 46.9 Å². The van der Waals surface area contributed by atoms with Crippen LogP contribution in [0.25, 0.3) is 106 Å². The lowest BCUT2D eigenvalue weighted by Crippen LogP contribution is -2.16. The molecule has 0 aliphatic rings. The number of alkyl halides is 6. The Kier molecular flexibility index (Phi) is 7.33. The molecule has 0 atom stereocenters. The first-order valence-corrected chi connectivity index (χ1v) is 20.8. The van der Waals surface area contributed by atoms with Crippen LogP contribution >= 0.6 is 22.7 Å². The van der Waals surface area contributed by atoms with Crippen molar-refractivity contribution in [2.24, 2.45) is 0 Å². The number of hydrogen-bond donors (Lipinski definition) is 0. The smallest absolute Gasteiger partial charge is 0.307 e. The van der Waals surface area contributed by atoms with E-state index in [2.05, 4.69) is 0 Å². The summed E-state index contributed by atoms with van der Waals surface area (Å²) in [5, 5.41) is 6.85. The Morgan fingerprint density at radius 3 is 1.30 bits per heavy atom. The molecule has 0 spiro atoms. The van der Waals surface area contributed by atoms with Gasteiger partial charge in [-0.2, -0.15) is 26.3 Å². The summed E-state index contributed by atoms with van der Waals surface area (Å²) in [6.45, 7) is 0.